The molecule has 0 aromatic heterocycles. The van der Waals surface area contributed by atoms with Crippen LogP contribution in [0.25, 0.3) is 0 Å². The van der Waals surface area contributed by atoms with Crippen LogP contribution in [0.1, 0.15) is 27.7 Å². The predicted octanol–water partition coefficient (Wildman–Crippen LogP) is 2.33. The first-order chi connectivity index (χ1) is 8.28. The Hall–Kier alpha value is 0.359. The van der Waals surface area contributed by atoms with Gasteiger partial charge < -0.3 is 0 Å². The summed E-state index contributed by atoms with van der Waals surface area (Å²) in [6.45, 7) is 10.7. The SMILES string of the molecule is CCOC(C[Se]CC(OCC)OCC)OCC. The van der Waals surface area contributed by atoms with E-state index in [2.05, 4.69) is 0 Å². The van der Waals surface area contributed by atoms with Crippen LogP contribution in [0.4, 0.5) is 0 Å². The second kappa shape index (κ2) is 12.8. The van der Waals surface area contributed by atoms with Gasteiger partial charge in [0.1, 0.15) is 0 Å². The quantitative estimate of drug-likeness (QED) is 0.409. The Morgan fingerprint density at radius 2 is 0.941 bits per heavy atom. The van der Waals surface area contributed by atoms with E-state index in [0.717, 1.165) is 10.6 Å². The molecule has 104 valence electrons. The van der Waals surface area contributed by atoms with Gasteiger partial charge in [-0.25, -0.2) is 0 Å². The first-order valence-corrected chi connectivity index (χ1v) is 8.74. The van der Waals surface area contributed by atoms with Crippen molar-refractivity contribution in [1.82, 2.24) is 0 Å². The zero-order valence-electron chi connectivity index (χ0n) is 11.4. The van der Waals surface area contributed by atoms with E-state index >= 15 is 0 Å². The fourth-order valence-corrected chi connectivity index (χ4v) is 3.19. The Labute approximate surface area is 111 Å². The molecule has 0 aromatic carbocycles. The number of hydrogen-bond acceptors (Lipinski definition) is 4. The van der Waals surface area contributed by atoms with E-state index in [1.54, 1.807) is 0 Å². The zero-order valence-corrected chi connectivity index (χ0v) is 13.2. The molecule has 0 saturated carbocycles. The normalized spacial score (nSPS) is 11.6. The molecule has 0 heterocycles. The molecule has 0 bridgehead atoms. The molecular weight excluding hydrogens is 287 g/mol. The van der Waals surface area contributed by atoms with Crippen molar-refractivity contribution in [1.29, 1.82) is 0 Å². The van der Waals surface area contributed by atoms with Gasteiger partial charge in [0, 0.05) is 0 Å². The van der Waals surface area contributed by atoms with E-state index in [4.69, 9.17) is 18.9 Å². The Morgan fingerprint density at radius 1 is 0.647 bits per heavy atom. The van der Waals surface area contributed by atoms with Gasteiger partial charge in [-0.15, -0.1) is 0 Å². The van der Waals surface area contributed by atoms with Crippen molar-refractivity contribution in [2.45, 2.75) is 50.9 Å². The summed E-state index contributed by atoms with van der Waals surface area (Å²) in [4.78, 5) is 0. The molecule has 0 unspecified atom stereocenters. The molecule has 0 amide bonds. The predicted molar refractivity (Wildman–Crippen MR) is 69.4 cm³/mol. The second-order valence-electron chi connectivity index (χ2n) is 3.22. The zero-order chi connectivity index (χ0) is 12.9. The number of rotatable bonds is 12. The summed E-state index contributed by atoms with van der Waals surface area (Å²) in [5.41, 5.74) is 0. The Kier molecular flexibility index (Phi) is 13.1. The van der Waals surface area contributed by atoms with Crippen LogP contribution in [0.3, 0.4) is 0 Å². The van der Waals surface area contributed by atoms with E-state index in [1.807, 2.05) is 27.7 Å². The van der Waals surface area contributed by atoms with Crippen molar-refractivity contribution in [3.8, 4) is 0 Å². The second-order valence-corrected chi connectivity index (χ2v) is 5.47. The Morgan fingerprint density at radius 3 is 1.18 bits per heavy atom. The fraction of sp³-hybridized carbons (Fsp3) is 1.00. The van der Waals surface area contributed by atoms with Gasteiger partial charge in [0.2, 0.25) is 0 Å². The van der Waals surface area contributed by atoms with Crippen LogP contribution in [0.5, 0.6) is 0 Å². The van der Waals surface area contributed by atoms with Gasteiger partial charge >= 0.3 is 111 Å². The average molecular weight is 313 g/mol. The van der Waals surface area contributed by atoms with Gasteiger partial charge in [-0.3, -0.25) is 0 Å². The molecule has 0 saturated heterocycles. The maximum absolute atomic E-state index is 5.50. The molecular formula is C12H26O4Se. The van der Waals surface area contributed by atoms with Gasteiger partial charge in [-0.05, 0) is 0 Å². The topological polar surface area (TPSA) is 36.9 Å². The third-order valence-electron chi connectivity index (χ3n) is 1.92. The molecule has 0 aliphatic carbocycles. The molecule has 0 aliphatic heterocycles. The van der Waals surface area contributed by atoms with Crippen LogP contribution in [0.2, 0.25) is 10.6 Å². The molecule has 0 aromatic rings. The minimum absolute atomic E-state index is 0.0612. The molecule has 0 spiro atoms. The summed E-state index contributed by atoms with van der Waals surface area (Å²) in [7, 11) is 0. The molecule has 17 heavy (non-hydrogen) atoms. The minimum atomic E-state index is -0.0612. The summed E-state index contributed by atoms with van der Waals surface area (Å²) >= 11 is 0.421. The van der Waals surface area contributed by atoms with Crippen LogP contribution in [0.15, 0.2) is 0 Å². The Balaban J connectivity index is 3.73. The molecule has 0 aliphatic rings. The third kappa shape index (κ3) is 10.0. The molecule has 0 rings (SSSR count). The summed E-state index contributed by atoms with van der Waals surface area (Å²) in [5, 5.41) is 1.90. The van der Waals surface area contributed by atoms with Gasteiger partial charge in [0.15, 0.2) is 0 Å². The van der Waals surface area contributed by atoms with E-state index in [9.17, 15) is 0 Å². The maximum atomic E-state index is 5.50. The molecule has 5 heteroatoms. The van der Waals surface area contributed by atoms with Crippen LogP contribution in [-0.2, 0) is 18.9 Å². The third-order valence-corrected chi connectivity index (χ3v) is 4.05. The van der Waals surface area contributed by atoms with E-state index in [1.165, 1.54) is 0 Å². The van der Waals surface area contributed by atoms with Crippen molar-refractivity contribution in [2.24, 2.45) is 0 Å². The summed E-state index contributed by atoms with van der Waals surface area (Å²) in [6, 6.07) is 0. The molecule has 0 radical (unpaired) electrons. The Bertz CT molecular complexity index is 129. The van der Waals surface area contributed by atoms with Crippen molar-refractivity contribution in [3.63, 3.8) is 0 Å². The van der Waals surface area contributed by atoms with Crippen molar-refractivity contribution < 1.29 is 18.9 Å². The molecule has 0 fully saturated rings. The first-order valence-electron chi connectivity index (χ1n) is 6.32. The number of hydrogen-bond donors (Lipinski definition) is 0. The number of ether oxygens (including phenoxy) is 4. The van der Waals surface area contributed by atoms with Gasteiger partial charge in [-0.2, -0.15) is 0 Å². The summed E-state index contributed by atoms with van der Waals surface area (Å²) in [5.74, 6) is 0. The van der Waals surface area contributed by atoms with Crippen molar-refractivity contribution in [3.05, 3.63) is 0 Å². The van der Waals surface area contributed by atoms with E-state index in [-0.39, 0.29) is 12.6 Å². The molecule has 0 atom stereocenters. The summed E-state index contributed by atoms with van der Waals surface area (Å²) in [6.07, 6.45) is -0.122. The van der Waals surface area contributed by atoms with Crippen LogP contribution >= 0.6 is 0 Å². The van der Waals surface area contributed by atoms with Crippen molar-refractivity contribution >= 4 is 15.0 Å². The van der Waals surface area contributed by atoms with Crippen LogP contribution in [0, 0.1) is 0 Å². The first kappa shape index (κ1) is 17.4. The van der Waals surface area contributed by atoms with Crippen LogP contribution in [-0.4, -0.2) is 54.0 Å². The van der Waals surface area contributed by atoms with E-state index in [0.29, 0.717) is 41.4 Å². The van der Waals surface area contributed by atoms with Crippen molar-refractivity contribution in [2.75, 3.05) is 26.4 Å². The van der Waals surface area contributed by atoms with Gasteiger partial charge in [0.25, 0.3) is 0 Å². The van der Waals surface area contributed by atoms with Crippen LogP contribution < -0.4 is 0 Å². The standard InChI is InChI=1S/C12H26O4Se/c1-5-13-11(14-6-2)9-17-10-12(15-7-3)16-8-4/h11-12H,5-10H2,1-4H3. The average Bonchev–Trinajstić information content (AvgIpc) is 2.30. The molecule has 0 N–H and O–H groups in total. The fourth-order valence-electron chi connectivity index (χ4n) is 1.29. The van der Waals surface area contributed by atoms with Gasteiger partial charge in [-0.1, -0.05) is 0 Å². The van der Waals surface area contributed by atoms with E-state index < -0.39 is 0 Å². The van der Waals surface area contributed by atoms with Gasteiger partial charge in [0.05, 0.1) is 0 Å². The monoisotopic (exact) mass is 314 g/mol. The summed E-state index contributed by atoms with van der Waals surface area (Å²) < 4.78 is 22.0. The molecule has 4 nitrogen and oxygen atoms in total.